The summed E-state index contributed by atoms with van der Waals surface area (Å²) in [6.07, 6.45) is 0.849. The molecule has 1 aliphatic rings. The maximum atomic E-state index is 12.2. The van der Waals surface area contributed by atoms with Crippen molar-refractivity contribution in [3.8, 4) is 0 Å². The summed E-state index contributed by atoms with van der Waals surface area (Å²) in [4.78, 5) is 16.4. The molecule has 1 atom stereocenters. The molecule has 1 aromatic carbocycles. The minimum absolute atomic E-state index is 0.195. The van der Waals surface area contributed by atoms with Crippen LogP contribution in [0.3, 0.4) is 0 Å². The Kier molecular flexibility index (Phi) is 5.41. The Labute approximate surface area is 121 Å². The van der Waals surface area contributed by atoms with Gasteiger partial charge in [-0.1, -0.05) is 37.3 Å². The first-order chi connectivity index (χ1) is 9.74. The highest BCUT2D eigenvalue weighted by Crippen LogP contribution is 2.16. The lowest BCUT2D eigenvalue weighted by atomic mass is 10.2. The second-order valence-electron chi connectivity index (χ2n) is 5.16. The van der Waals surface area contributed by atoms with Gasteiger partial charge in [0.05, 0.1) is 0 Å². The lowest BCUT2D eigenvalue weighted by molar-refractivity contribution is 0.0835. The number of likely N-dealkylation sites (N-methyl/N-ethyl adjacent to an activating group) is 2. The molecule has 2 rings (SSSR count). The number of carbonyl (C=O) groups is 1. The molecule has 1 aliphatic heterocycles. The van der Waals surface area contributed by atoms with Crippen molar-refractivity contribution in [1.82, 2.24) is 9.80 Å². The van der Waals surface area contributed by atoms with Crippen molar-refractivity contribution in [2.24, 2.45) is 0 Å². The highest BCUT2D eigenvalue weighted by Gasteiger charge is 2.29. The van der Waals surface area contributed by atoms with Gasteiger partial charge in [-0.05, 0) is 25.5 Å². The van der Waals surface area contributed by atoms with Crippen molar-refractivity contribution in [3.05, 3.63) is 35.9 Å². The highest BCUT2D eigenvalue weighted by molar-refractivity contribution is 5.68. The minimum atomic E-state index is -0.195. The van der Waals surface area contributed by atoms with Crippen LogP contribution in [0.15, 0.2) is 30.3 Å². The molecule has 0 saturated carbocycles. The zero-order valence-corrected chi connectivity index (χ0v) is 12.4. The van der Waals surface area contributed by atoms with Gasteiger partial charge in [-0.3, -0.25) is 0 Å². The molecule has 0 spiro atoms. The topological polar surface area (TPSA) is 32.8 Å². The van der Waals surface area contributed by atoms with E-state index in [4.69, 9.17) is 4.74 Å². The van der Waals surface area contributed by atoms with E-state index in [-0.39, 0.29) is 6.09 Å². The summed E-state index contributed by atoms with van der Waals surface area (Å²) < 4.78 is 5.43. The van der Waals surface area contributed by atoms with Gasteiger partial charge in [-0.15, -0.1) is 0 Å². The number of rotatable bonds is 5. The van der Waals surface area contributed by atoms with Crippen molar-refractivity contribution in [2.75, 3.05) is 26.2 Å². The molecule has 1 saturated heterocycles. The molecule has 4 nitrogen and oxygen atoms in total. The van der Waals surface area contributed by atoms with Crippen LogP contribution >= 0.6 is 0 Å². The smallest absolute Gasteiger partial charge is 0.410 e. The molecule has 20 heavy (non-hydrogen) atoms. The van der Waals surface area contributed by atoms with E-state index in [0.717, 1.165) is 31.6 Å². The van der Waals surface area contributed by atoms with Crippen molar-refractivity contribution < 1.29 is 9.53 Å². The van der Waals surface area contributed by atoms with Crippen LogP contribution in [0.2, 0.25) is 0 Å². The molecule has 1 unspecified atom stereocenters. The first-order valence-corrected chi connectivity index (χ1v) is 7.44. The van der Waals surface area contributed by atoms with E-state index in [1.807, 2.05) is 42.2 Å². The number of benzene rings is 1. The van der Waals surface area contributed by atoms with Gasteiger partial charge in [-0.25, -0.2) is 4.79 Å². The normalized spacial score (nSPS) is 19.0. The van der Waals surface area contributed by atoms with Crippen molar-refractivity contribution in [1.29, 1.82) is 0 Å². The van der Waals surface area contributed by atoms with Crippen molar-refractivity contribution >= 4 is 6.09 Å². The molecule has 1 aromatic rings. The largest absolute Gasteiger partial charge is 0.445 e. The minimum Gasteiger partial charge on any atom is -0.445 e. The van der Waals surface area contributed by atoms with Gasteiger partial charge >= 0.3 is 6.09 Å². The molecular weight excluding hydrogens is 252 g/mol. The SMILES string of the molecule is CCN1CCC(N(CC)C(=O)OCc2ccccc2)C1. The molecule has 0 radical (unpaired) electrons. The summed E-state index contributed by atoms with van der Waals surface area (Å²) in [6, 6.07) is 10.1. The number of hydrogen-bond donors (Lipinski definition) is 0. The number of amides is 1. The van der Waals surface area contributed by atoms with Gasteiger partial charge < -0.3 is 14.5 Å². The number of carbonyl (C=O) groups excluding carboxylic acids is 1. The fraction of sp³-hybridized carbons (Fsp3) is 0.562. The number of ether oxygens (including phenoxy) is 1. The van der Waals surface area contributed by atoms with Gasteiger partial charge in [0.15, 0.2) is 0 Å². The van der Waals surface area contributed by atoms with Crippen LogP contribution in [-0.4, -0.2) is 48.1 Å². The summed E-state index contributed by atoms with van der Waals surface area (Å²) in [7, 11) is 0. The Bertz CT molecular complexity index is 422. The van der Waals surface area contributed by atoms with Gasteiger partial charge in [-0.2, -0.15) is 0 Å². The molecule has 1 fully saturated rings. The fourth-order valence-corrected chi connectivity index (χ4v) is 2.69. The molecular formula is C16H24N2O2. The predicted molar refractivity (Wildman–Crippen MR) is 79.5 cm³/mol. The Morgan fingerprint density at radius 3 is 2.70 bits per heavy atom. The van der Waals surface area contributed by atoms with Crippen LogP contribution in [-0.2, 0) is 11.3 Å². The van der Waals surface area contributed by atoms with Gasteiger partial charge in [0.25, 0.3) is 0 Å². The first-order valence-electron chi connectivity index (χ1n) is 7.44. The van der Waals surface area contributed by atoms with E-state index in [1.54, 1.807) is 0 Å². The average molecular weight is 276 g/mol. The van der Waals surface area contributed by atoms with E-state index >= 15 is 0 Å². The molecule has 4 heteroatoms. The standard InChI is InChI=1S/C16H24N2O2/c1-3-17-11-10-15(12-17)18(4-2)16(19)20-13-14-8-6-5-7-9-14/h5-9,15H,3-4,10-13H2,1-2H3. The third-order valence-electron chi connectivity index (χ3n) is 3.92. The van der Waals surface area contributed by atoms with Crippen molar-refractivity contribution in [2.45, 2.75) is 32.9 Å². The summed E-state index contributed by atoms with van der Waals surface area (Å²) >= 11 is 0. The molecule has 0 N–H and O–H groups in total. The fourth-order valence-electron chi connectivity index (χ4n) is 2.69. The monoisotopic (exact) mass is 276 g/mol. The third-order valence-corrected chi connectivity index (χ3v) is 3.92. The predicted octanol–water partition coefficient (Wildman–Crippen LogP) is 2.74. The maximum Gasteiger partial charge on any atom is 0.410 e. The molecule has 0 aromatic heterocycles. The molecule has 1 amide bonds. The zero-order chi connectivity index (χ0) is 14.4. The lowest BCUT2D eigenvalue weighted by Gasteiger charge is -2.27. The van der Waals surface area contributed by atoms with E-state index in [1.165, 1.54) is 0 Å². The summed E-state index contributed by atoms with van der Waals surface area (Å²) in [6.45, 7) is 8.31. The van der Waals surface area contributed by atoms with Crippen molar-refractivity contribution in [3.63, 3.8) is 0 Å². The molecule has 0 aliphatic carbocycles. The Morgan fingerprint density at radius 2 is 2.10 bits per heavy atom. The third kappa shape index (κ3) is 3.73. The highest BCUT2D eigenvalue weighted by atomic mass is 16.6. The van der Waals surface area contributed by atoms with E-state index in [0.29, 0.717) is 19.2 Å². The van der Waals surface area contributed by atoms with Crippen LogP contribution in [0.5, 0.6) is 0 Å². The Balaban J connectivity index is 1.86. The summed E-state index contributed by atoms with van der Waals surface area (Å²) in [5.41, 5.74) is 1.03. The Morgan fingerprint density at radius 1 is 1.35 bits per heavy atom. The molecule has 1 heterocycles. The summed E-state index contributed by atoms with van der Waals surface area (Å²) in [5, 5.41) is 0. The average Bonchev–Trinajstić information content (AvgIpc) is 2.96. The van der Waals surface area contributed by atoms with Crippen LogP contribution < -0.4 is 0 Å². The summed E-state index contributed by atoms with van der Waals surface area (Å²) in [5.74, 6) is 0. The number of likely N-dealkylation sites (tertiary alicyclic amines) is 1. The second kappa shape index (κ2) is 7.29. The zero-order valence-electron chi connectivity index (χ0n) is 12.4. The van der Waals surface area contributed by atoms with Crippen LogP contribution in [0, 0.1) is 0 Å². The lowest BCUT2D eigenvalue weighted by Crippen LogP contribution is -2.42. The number of nitrogens with zero attached hydrogens (tertiary/aromatic N) is 2. The van der Waals surface area contributed by atoms with E-state index in [2.05, 4.69) is 11.8 Å². The van der Waals surface area contributed by atoms with Crippen LogP contribution in [0.4, 0.5) is 4.79 Å². The van der Waals surface area contributed by atoms with Crippen LogP contribution in [0.25, 0.3) is 0 Å². The van der Waals surface area contributed by atoms with Gasteiger partial charge in [0.1, 0.15) is 6.61 Å². The van der Waals surface area contributed by atoms with Crippen LogP contribution in [0.1, 0.15) is 25.8 Å². The Hall–Kier alpha value is -1.55. The van der Waals surface area contributed by atoms with Gasteiger partial charge in [0, 0.05) is 25.7 Å². The molecule has 110 valence electrons. The van der Waals surface area contributed by atoms with Gasteiger partial charge in [0.2, 0.25) is 0 Å². The van der Waals surface area contributed by atoms with E-state index < -0.39 is 0 Å². The second-order valence-corrected chi connectivity index (χ2v) is 5.16. The molecule has 0 bridgehead atoms. The van der Waals surface area contributed by atoms with E-state index in [9.17, 15) is 4.79 Å². The first kappa shape index (κ1) is 14.9. The quantitative estimate of drug-likeness (QED) is 0.829. The maximum absolute atomic E-state index is 12.2. The number of hydrogen-bond acceptors (Lipinski definition) is 3.